The van der Waals surface area contributed by atoms with Gasteiger partial charge in [-0.2, -0.15) is 0 Å². The van der Waals surface area contributed by atoms with Gasteiger partial charge in [-0.3, -0.25) is 4.90 Å². The number of carbonyl (C=O) groups is 1. The SMILES string of the molecule is COc1ncc(-c2ccc(N(C(=O)O)[C@H]3CC[C@H](N)CC3)nc2)cn1. The summed E-state index contributed by atoms with van der Waals surface area (Å²) >= 11 is 0. The van der Waals surface area contributed by atoms with Crippen LogP contribution in [0.2, 0.25) is 0 Å². The maximum Gasteiger partial charge on any atom is 0.413 e. The van der Waals surface area contributed by atoms with Crippen LogP contribution in [-0.2, 0) is 0 Å². The zero-order valence-electron chi connectivity index (χ0n) is 14.0. The van der Waals surface area contributed by atoms with Crippen LogP contribution in [0.3, 0.4) is 0 Å². The molecule has 1 aliphatic carbocycles. The lowest BCUT2D eigenvalue weighted by molar-refractivity contribution is 0.195. The quantitative estimate of drug-likeness (QED) is 0.875. The molecular weight excluding hydrogens is 322 g/mol. The summed E-state index contributed by atoms with van der Waals surface area (Å²) < 4.78 is 4.94. The number of anilines is 1. The van der Waals surface area contributed by atoms with Gasteiger partial charge in [0.25, 0.3) is 0 Å². The highest BCUT2D eigenvalue weighted by Gasteiger charge is 2.29. The minimum Gasteiger partial charge on any atom is -0.467 e. The Hall–Kier alpha value is -2.74. The molecule has 0 atom stereocenters. The number of amides is 1. The molecule has 0 unspecified atom stereocenters. The van der Waals surface area contributed by atoms with Crippen molar-refractivity contribution in [3.05, 3.63) is 30.7 Å². The Morgan fingerprint density at radius 2 is 1.76 bits per heavy atom. The highest BCUT2D eigenvalue weighted by atomic mass is 16.5. The van der Waals surface area contributed by atoms with Gasteiger partial charge in [0.1, 0.15) is 5.82 Å². The lowest BCUT2D eigenvalue weighted by Gasteiger charge is -2.33. The number of carboxylic acid groups (broad SMARTS) is 1. The molecule has 3 rings (SSSR count). The molecule has 2 heterocycles. The van der Waals surface area contributed by atoms with Crippen molar-refractivity contribution in [1.29, 1.82) is 0 Å². The molecule has 0 bridgehead atoms. The van der Waals surface area contributed by atoms with Gasteiger partial charge in [-0.25, -0.2) is 19.7 Å². The summed E-state index contributed by atoms with van der Waals surface area (Å²) in [5.74, 6) is 0.422. The molecule has 0 aliphatic heterocycles. The molecule has 1 amide bonds. The van der Waals surface area contributed by atoms with Crippen molar-refractivity contribution >= 4 is 11.9 Å². The summed E-state index contributed by atoms with van der Waals surface area (Å²) in [5.41, 5.74) is 7.51. The van der Waals surface area contributed by atoms with Crippen molar-refractivity contribution < 1.29 is 14.6 Å². The minimum absolute atomic E-state index is 0.0834. The molecule has 1 fully saturated rings. The number of aromatic nitrogens is 3. The van der Waals surface area contributed by atoms with Crippen LogP contribution in [0.25, 0.3) is 11.1 Å². The number of rotatable bonds is 4. The van der Waals surface area contributed by atoms with E-state index in [2.05, 4.69) is 15.0 Å². The van der Waals surface area contributed by atoms with Gasteiger partial charge in [-0.1, -0.05) is 0 Å². The van der Waals surface area contributed by atoms with E-state index in [1.54, 1.807) is 24.7 Å². The molecule has 8 nitrogen and oxygen atoms in total. The third kappa shape index (κ3) is 3.85. The van der Waals surface area contributed by atoms with Gasteiger partial charge < -0.3 is 15.6 Å². The van der Waals surface area contributed by atoms with E-state index in [0.29, 0.717) is 11.8 Å². The second-order valence-corrected chi connectivity index (χ2v) is 6.08. The van der Waals surface area contributed by atoms with Crippen LogP contribution in [0, 0.1) is 0 Å². The Morgan fingerprint density at radius 1 is 1.12 bits per heavy atom. The third-order valence-electron chi connectivity index (χ3n) is 4.45. The normalized spacial score (nSPS) is 20.1. The van der Waals surface area contributed by atoms with Crippen molar-refractivity contribution in [3.8, 4) is 17.1 Å². The molecule has 1 saturated carbocycles. The largest absolute Gasteiger partial charge is 0.467 e. The number of nitrogens with zero attached hydrogens (tertiary/aromatic N) is 4. The average molecular weight is 343 g/mol. The zero-order chi connectivity index (χ0) is 17.8. The Labute approximate surface area is 145 Å². The van der Waals surface area contributed by atoms with E-state index in [0.717, 1.165) is 36.8 Å². The first-order valence-electron chi connectivity index (χ1n) is 8.18. The zero-order valence-corrected chi connectivity index (χ0v) is 14.0. The van der Waals surface area contributed by atoms with Crippen LogP contribution >= 0.6 is 0 Å². The number of hydrogen-bond donors (Lipinski definition) is 2. The lowest BCUT2D eigenvalue weighted by Crippen LogP contribution is -2.44. The van der Waals surface area contributed by atoms with E-state index < -0.39 is 6.09 Å². The van der Waals surface area contributed by atoms with Gasteiger partial charge in [0.05, 0.1) is 7.11 Å². The third-order valence-corrected chi connectivity index (χ3v) is 4.45. The fourth-order valence-corrected chi connectivity index (χ4v) is 3.07. The average Bonchev–Trinajstić information content (AvgIpc) is 2.64. The number of methoxy groups -OCH3 is 1. The van der Waals surface area contributed by atoms with Crippen molar-refractivity contribution in [1.82, 2.24) is 15.0 Å². The predicted molar refractivity (Wildman–Crippen MR) is 92.6 cm³/mol. The Balaban J connectivity index is 1.80. The lowest BCUT2D eigenvalue weighted by atomic mass is 9.91. The highest BCUT2D eigenvalue weighted by molar-refractivity contribution is 5.85. The minimum atomic E-state index is -0.992. The fourth-order valence-electron chi connectivity index (χ4n) is 3.07. The standard InChI is InChI=1S/C17H21N5O3/c1-25-16-20-9-12(10-21-16)11-2-7-15(19-8-11)22(17(23)24)14-5-3-13(18)4-6-14/h2,7-10,13-14H,3-6,18H2,1H3,(H,23,24)/t13-,14-. The van der Waals surface area contributed by atoms with Crippen LogP contribution in [0.4, 0.5) is 10.6 Å². The summed E-state index contributed by atoms with van der Waals surface area (Å²) in [6.07, 6.45) is 7.08. The second kappa shape index (κ2) is 7.43. The Bertz CT molecular complexity index is 712. The second-order valence-electron chi connectivity index (χ2n) is 6.08. The first-order valence-corrected chi connectivity index (χ1v) is 8.18. The number of ether oxygens (including phenoxy) is 1. The smallest absolute Gasteiger partial charge is 0.413 e. The maximum absolute atomic E-state index is 11.7. The van der Waals surface area contributed by atoms with E-state index in [1.807, 2.05) is 6.07 Å². The van der Waals surface area contributed by atoms with E-state index in [9.17, 15) is 9.90 Å². The summed E-state index contributed by atoms with van der Waals surface area (Å²) in [4.78, 5) is 25.5. The van der Waals surface area contributed by atoms with Gasteiger partial charge in [-0.05, 0) is 37.8 Å². The van der Waals surface area contributed by atoms with E-state index >= 15 is 0 Å². The van der Waals surface area contributed by atoms with Crippen LogP contribution in [0.5, 0.6) is 6.01 Å². The monoisotopic (exact) mass is 343 g/mol. The van der Waals surface area contributed by atoms with E-state index in [4.69, 9.17) is 10.5 Å². The topological polar surface area (TPSA) is 114 Å². The highest BCUT2D eigenvalue weighted by Crippen LogP contribution is 2.27. The molecule has 3 N–H and O–H groups in total. The van der Waals surface area contributed by atoms with Crippen LogP contribution in [0.1, 0.15) is 25.7 Å². The van der Waals surface area contributed by atoms with Gasteiger partial charge >= 0.3 is 12.1 Å². The molecule has 0 spiro atoms. The molecule has 132 valence electrons. The van der Waals surface area contributed by atoms with E-state index in [-0.39, 0.29) is 12.1 Å². The van der Waals surface area contributed by atoms with Gasteiger partial charge in [0, 0.05) is 41.8 Å². The van der Waals surface area contributed by atoms with Crippen molar-refractivity contribution in [2.24, 2.45) is 5.73 Å². The molecule has 0 aromatic carbocycles. The van der Waals surface area contributed by atoms with Gasteiger partial charge in [0.2, 0.25) is 0 Å². The summed E-state index contributed by atoms with van der Waals surface area (Å²) in [6, 6.07) is 3.90. The number of pyridine rings is 1. The Kier molecular flexibility index (Phi) is 5.08. The molecular formula is C17H21N5O3. The van der Waals surface area contributed by atoms with Crippen molar-refractivity contribution in [2.75, 3.05) is 12.0 Å². The first kappa shape index (κ1) is 17.1. The fraction of sp³-hybridized carbons (Fsp3) is 0.412. The molecule has 0 radical (unpaired) electrons. The molecule has 2 aromatic heterocycles. The molecule has 2 aromatic rings. The summed E-state index contributed by atoms with van der Waals surface area (Å²) in [5, 5.41) is 9.61. The van der Waals surface area contributed by atoms with Crippen LogP contribution < -0.4 is 15.4 Å². The predicted octanol–water partition coefficient (Wildman–Crippen LogP) is 2.30. The molecule has 25 heavy (non-hydrogen) atoms. The number of hydrogen-bond acceptors (Lipinski definition) is 6. The molecule has 1 aliphatic rings. The van der Waals surface area contributed by atoms with Crippen LogP contribution in [-0.4, -0.2) is 45.3 Å². The van der Waals surface area contributed by atoms with Crippen molar-refractivity contribution in [3.63, 3.8) is 0 Å². The van der Waals surface area contributed by atoms with Gasteiger partial charge in [-0.15, -0.1) is 0 Å². The maximum atomic E-state index is 11.7. The van der Waals surface area contributed by atoms with Gasteiger partial charge in [0.15, 0.2) is 0 Å². The molecule has 8 heteroatoms. The number of nitrogens with two attached hydrogens (primary N) is 1. The first-order chi connectivity index (χ1) is 12.1. The summed E-state index contributed by atoms with van der Waals surface area (Å²) in [7, 11) is 1.50. The Morgan fingerprint density at radius 3 is 2.28 bits per heavy atom. The molecule has 0 saturated heterocycles. The van der Waals surface area contributed by atoms with Crippen molar-refractivity contribution in [2.45, 2.75) is 37.8 Å². The summed E-state index contributed by atoms with van der Waals surface area (Å²) in [6.45, 7) is 0. The van der Waals surface area contributed by atoms with E-state index in [1.165, 1.54) is 12.0 Å². The van der Waals surface area contributed by atoms with Crippen LogP contribution in [0.15, 0.2) is 30.7 Å².